The maximum atomic E-state index is 14.5. The second-order valence-corrected chi connectivity index (χ2v) is 6.84. The molecule has 0 radical (unpaired) electrons. The van der Waals surface area contributed by atoms with Crippen molar-refractivity contribution < 1.29 is 26.3 Å². The average Bonchev–Trinajstić information content (AvgIpc) is 2.75. The van der Waals surface area contributed by atoms with Gasteiger partial charge in [0.05, 0.1) is 0 Å². The van der Waals surface area contributed by atoms with Crippen LogP contribution >= 0.6 is 0 Å². The average molecular weight is 420 g/mol. The van der Waals surface area contributed by atoms with Crippen LogP contribution in [0.15, 0.2) is 60.4 Å². The van der Waals surface area contributed by atoms with Gasteiger partial charge in [0.1, 0.15) is 11.6 Å². The number of rotatable bonds is 6. The van der Waals surface area contributed by atoms with Crippen molar-refractivity contribution in [3.8, 4) is 11.1 Å². The minimum atomic E-state index is -1.60. The number of hydrogen-bond donors (Lipinski definition) is 0. The third kappa shape index (κ3) is 4.75. The highest BCUT2D eigenvalue weighted by atomic mass is 19.2. The molecular weight excluding hydrogens is 402 g/mol. The Labute approximate surface area is 170 Å². The van der Waals surface area contributed by atoms with Crippen LogP contribution in [0.1, 0.15) is 30.0 Å². The van der Waals surface area contributed by atoms with E-state index in [9.17, 15) is 26.3 Å². The lowest BCUT2D eigenvalue weighted by molar-refractivity contribution is 0.447. The van der Waals surface area contributed by atoms with E-state index in [4.69, 9.17) is 0 Å². The monoisotopic (exact) mass is 420 g/mol. The van der Waals surface area contributed by atoms with E-state index in [1.165, 1.54) is 31.2 Å². The summed E-state index contributed by atoms with van der Waals surface area (Å²) in [5, 5.41) is 0. The number of benzene rings is 3. The zero-order valence-corrected chi connectivity index (χ0v) is 16.1. The summed E-state index contributed by atoms with van der Waals surface area (Å²) >= 11 is 0. The Balaban J connectivity index is 1.72. The van der Waals surface area contributed by atoms with Gasteiger partial charge in [0.2, 0.25) is 0 Å². The van der Waals surface area contributed by atoms with Crippen molar-refractivity contribution in [2.24, 2.45) is 0 Å². The van der Waals surface area contributed by atoms with Crippen molar-refractivity contribution in [2.45, 2.75) is 26.2 Å². The van der Waals surface area contributed by atoms with Crippen LogP contribution < -0.4 is 0 Å². The first-order chi connectivity index (χ1) is 14.3. The quantitative estimate of drug-likeness (QED) is 0.283. The standard InChI is InChI=1S/C24H18F6/c1-2-19(25)23(29)16-8-5-14(6-9-16)3-4-15-7-10-18(20(26)11-15)17-12-21(27)24(30)22(28)13-17/h5-13H,2-4H2,1H3. The Kier molecular flexibility index (Phi) is 6.65. The first-order valence-electron chi connectivity index (χ1n) is 9.37. The molecule has 0 unspecified atom stereocenters. The summed E-state index contributed by atoms with van der Waals surface area (Å²) in [5.41, 5.74) is 1.52. The van der Waals surface area contributed by atoms with Gasteiger partial charge >= 0.3 is 0 Å². The molecule has 0 saturated heterocycles. The van der Waals surface area contributed by atoms with Gasteiger partial charge in [-0.05, 0) is 54.2 Å². The molecule has 0 N–H and O–H groups in total. The lowest BCUT2D eigenvalue weighted by atomic mass is 9.99. The van der Waals surface area contributed by atoms with Gasteiger partial charge in [-0.2, -0.15) is 0 Å². The van der Waals surface area contributed by atoms with Crippen LogP contribution in [-0.2, 0) is 12.8 Å². The highest BCUT2D eigenvalue weighted by Gasteiger charge is 2.14. The van der Waals surface area contributed by atoms with Gasteiger partial charge in [0.25, 0.3) is 0 Å². The van der Waals surface area contributed by atoms with E-state index in [1.807, 2.05) is 0 Å². The van der Waals surface area contributed by atoms with E-state index in [-0.39, 0.29) is 23.1 Å². The predicted octanol–water partition coefficient (Wildman–Crippen LogP) is 7.71. The lowest BCUT2D eigenvalue weighted by Gasteiger charge is -2.08. The van der Waals surface area contributed by atoms with E-state index in [0.717, 1.165) is 17.7 Å². The van der Waals surface area contributed by atoms with Crippen LogP contribution in [0.5, 0.6) is 0 Å². The fraction of sp³-hybridized carbons (Fsp3) is 0.167. The summed E-state index contributed by atoms with van der Waals surface area (Å²) in [6, 6.07) is 12.1. The van der Waals surface area contributed by atoms with E-state index in [0.29, 0.717) is 18.4 Å². The summed E-state index contributed by atoms with van der Waals surface area (Å²) in [4.78, 5) is 0. The summed E-state index contributed by atoms with van der Waals surface area (Å²) < 4.78 is 81.5. The van der Waals surface area contributed by atoms with Gasteiger partial charge in [-0.25, -0.2) is 26.3 Å². The highest BCUT2D eigenvalue weighted by Crippen LogP contribution is 2.28. The largest absolute Gasteiger partial charge is 0.209 e. The molecule has 0 amide bonds. The molecule has 156 valence electrons. The molecule has 0 aliphatic heterocycles. The molecule has 30 heavy (non-hydrogen) atoms. The third-order valence-corrected chi connectivity index (χ3v) is 4.79. The second-order valence-electron chi connectivity index (χ2n) is 6.84. The Hall–Kier alpha value is -3.02. The predicted molar refractivity (Wildman–Crippen MR) is 105 cm³/mol. The smallest absolute Gasteiger partial charge is 0.194 e. The van der Waals surface area contributed by atoms with Crippen LogP contribution in [0, 0.1) is 23.3 Å². The maximum Gasteiger partial charge on any atom is 0.194 e. The summed E-state index contributed by atoms with van der Waals surface area (Å²) in [6.45, 7) is 1.52. The minimum Gasteiger partial charge on any atom is -0.209 e. The maximum absolute atomic E-state index is 14.5. The highest BCUT2D eigenvalue weighted by molar-refractivity contribution is 5.65. The fourth-order valence-electron chi connectivity index (χ4n) is 3.08. The van der Waals surface area contributed by atoms with Crippen LogP contribution in [0.4, 0.5) is 26.3 Å². The Bertz CT molecular complexity index is 1060. The van der Waals surface area contributed by atoms with Gasteiger partial charge in [-0.3, -0.25) is 0 Å². The number of allylic oxidation sites excluding steroid dienone is 1. The van der Waals surface area contributed by atoms with E-state index in [1.54, 1.807) is 18.2 Å². The first kappa shape index (κ1) is 21.7. The van der Waals surface area contributed by atoms with Crippen molar-refractivity contribution in [1.82, 2.24) is 0 Å². The SMILES string of the molecule is CCC(F)=C(F)c1ccc(CCc2ccc(-c3cc(F)c(F)c(F)c3)c(F)c2)cc1. The minimum absolute atomic E-state index is 0.0215. The van der Waals surface area contributed by atoms with Crippen LogP contribution in [0.25, 0.3) is 17.0 Å². The molecule has 0 heterocycles. The molecule has 0 fully saturated rings. The topological polar surface area (TPSA) is 0 Å². The summed E-state index contributed by atoms with van der Waals surface area (Å²) in [6.07, 6.45) is 0.969. The van der Waals surface area contributed by atoms with Crippen LogP contribution in [-0.4, -0.2) is 0 Å². The van der Waals surface area contributed by atoms with Gasteiger partial charge in [-0.15, -0.1) is 0 Å². The summed E-state index contributed by atoms with van der Waals surface area (Å²) in [7, 11) is 0. The third-order valence-electron chi connectivity index (χ3n) is 4.79. The van der Waals surface area contributed by atoms with E-state index in [2.05, 4.69) is 0 Å². The van der Waals surface area contributed by atoms with Gasteiger partial charge < -0.3 is 0 Å². The first-order valence-corrected chi connectivity index (χ1v) is 9.37. The zero-order chi connectivity index (χ0) is 21.8. The zero-order valence-electron chi connectivity index (χ0n) is 16.1. The second kappa shape index (κ2) is 9.20. The van der Waals surface area contributed by atoms with Gasteiger partial charge in [-0.1, -0.05) is 43.3 Å². The van der Waals surface area contributed by atoms with E-state index >= 15 is 0 Å². The molecule has 0 aromatic heterocycles. The Morgan fingerprint density at radius 3 is 1.83 bits per heavy atom. The van der Waals surface area contributed by atoms with Crippen molar-refractivity contribution >= 4 is 5.83 Å². The summed E-state index contributed by atoms with van der Waals surface area (Å²) in [5.74, 6) is -6.75. The molecule has 0 atom stereocenters. The molecule has 3 aromatic carbocycles. The van der Waals surface area contributed by atoms with Crippen LogP contribution in [0.3, 0.4) is 0 Å². The molecule has 0 spiro atoms. The lowest BCUT2D eigenvalue weighted by Crippen LogP contribution is -1.96. The molecule has 6 heteroatoms. The Morgan fingerprint density at radius 2 is 1.27 bits per heavy atom. The number of aryl methyl sites for hydroxylation is 2. The van der Waals surface area contributed by atoms with Crippen LogP contribution in [0.2, 0.25) is 0 Å². The number of halogens is 6. The van der Waals surface area contributed by atoms with Gasteiger partial charge in [0.15, 0.2) is 23.3 Å². The number of hydrogen-bond acceptors (Lipinski definition) is 0. The normalized spacial score (nSPS) is 12.1. The molecule has 0 aliphatic carbocycles. The van der Waals surface area contributed by atoms with Gasteiger partial charge in [0, 0.05) is 11.1 Å². The molecule has 0 bridgehead atoms. The van der Waals surface area contributed by atoms with Crippen molar-refractivity contribution in [3.05, 3.63) is 100 Å². The molecule has 0 nitrogen and oxygen atoms in total. The molecule has 3 rings (SSSR count). The molecular formula is C24H18F6. The van der Waals surface area contributed by atoms with Crippen molar-refractivity contribution in [3.63, 3.8) is 0 Å². The Morgan fingerprint density at radius 1 is 0.700 bits per heavy atom. The fourth-order valence-corrected chi connectivity index (χ4v) is 3.08. The van der Waals surface area contributed by atoms with E-state index < -0.39 is 34.9 Å². The van der Waals surface area contributed by atoms with Crippen molar-refractivity contribution in [1.29, 1.82) is 0 Å². The molecule has 3 aromatic rings. The molecule has 0 aliphatic rings. The van der Waals surface area contributed by atoms with Crippen molar-refractivity contribution in [2.75, 3.05) is 0 Å². The molecule has 0 saturated carbocycles.